The Balaban J connectivity index is 1.71. The fraction of sp³-hybridized carbons (Fsp3) is 0.381. The number of amidine groups is 1. The van der Waals surface area contributed by atoms with E-state index in [2.05, 4.69) is 32.8 Å². The van der Waals surface area contributed by atoms with Gasteiger partial charge in [0, 0.05) is 22.6 Å². The van der Waals surface area contributed by atoms with Gasteiger partial charge in [0.25, 0.3) is 5.91 Å². The number of nitrogens with one attached hydrogen (secondary N) is 1. The first-order valence-corrected chi connectivity index (χ1v) is 11.4. The number of hydrogen-bond donors (Lipinski definition) is 2. The van der Waals surface area contributed by atoms with Crippen LogP contribution in [-0.4, -0.2) is 45.3 Å². The van der Waals surface area contributed by atoms with Crippen LogP contribution < -0.4 is 5.32 Å². The predicted octanol–water partition coefficient (Wildman–Crippen LogP) is 4.06. The number of benzene rings is 1. The minimum absolute atomic E-state index is 0.0438. The highest BCUT2D eigenvalue weighted by molar-refractivity contribution is 9.10. The van der Waals surface area contributed by atoms with Crippen molar-refractivity contribution in [3.63, 3.8) is 0 Å². The predicted molar refractivity (Wildman–Crippen MR) is 121 cm³/mol. The number of carbonyl (C=O) groups excluding carboxylic acids is 2. The maximum absolute atomic E-state index is 12.8. The minimum atomic E-state index is -0.278. The maximum atomic E-state index is 12.8. The summed E-state index contributed by atoms with van der Waals surface area (Å²) < 4.78 is 0.786. The van der Waals surface area contributed by atoms with Crippen molar-refractivity contribution in [1.29, 1.82) is 0 Å². The van der Waals surface area contributed by atoms with Gasteiger partial charge in [-0.1, -0.05) is 53.0 Å². The quantitative estimate of drug-likeness (QED) is 0.477. The van der Waals surface area contributed by atoms with Crippen LogP contribution in [0.2, 0.25) is 0 Å². The Morgan fingerprint density at radius 1 is 1.38 bits per heavy atom. The van der Waals surface area contributed by atoms with Crippen molar-refractivity contribution in [1.82, 2.24) is 10.2 Å². The third-order valence-electron chi connectivity index (χ3n) is 4.81. The molecular formula is C21H24BrN3O3S. The Morgan fingerprint density at radius 3 is 2.86 bits per heavy atom. The lowest BCUT2D eigenvalue weighted by Gasteiger charge is -2.22. The van der Waals surface area contributed by atoms with Gasteiger partial charge in [-0.2, -0.15) is 0 Å². The SMILES string of the molecule is C=CCN1C(=O)/C(=C/c2cc(Br)ccc2O)N=C1SCC(=O)NC1CCCCC1. The van der Waals surface area contributed by atoms with Gasteiger partial charge in [0.2, 0.25) is 5.91 Å². The van der Waals surface area contributed by atoms with E-state index < -0.39 is 0 Å². The molecule has 1 saturated carbocycles. The van der Waals surface area contributed by atoms with Crippen molar-refractivity contribution >= 4 is 50.7 Å². The molecule has 1 aliphatic heterocycles. The van der Waals surface area contributed by atoms with Gasteiger partial charge < -0.3 is 10.4 Å². The summed E-state index contributed by atoms with van der Waals surface area (Å²) in [5.74, 6) is -0.0601. The zero-order valence-electron chi connectivity index (χ0n) is 16.1. The van der Waals surface area contributed by atoms with Crippen molar-refractivity contribution in [2.75, 3.05) is 12.3 Å². The van der Waals surface area contributed by atoms with Crippen LogP contribution in [0.15, 0.2) is 46.0 Å². The Hall–Kier alpha value is -2.06. The fourth-order valence-corrected chi connectivity index (χ4v) is 4.56. The molecule has 154 valence electrons. The van der Waals surface area contributed by atoms with E-state index in [1.165, 1.54) is 23.1 Å². The molecule has 0 bridgehead atoms. The Bertz CT molecular complexity index is 863. The first-order chi connectivity index (χ1) is 14.0. The second-order valence-electron chi connectivity index (χ2n) is 7.02. The average molecular weight is 478 g/mol. The van der Waals surface area contributed by atoms with Crippen LogP contribution in [0.3, 0.4) is 0 Å². The van der Waals surface area contributed by atoms with E-state index in [0.717, 1.165) is 30.2 Å². The number of carbonyl (C=O) groups is 2. The molecule has 1 aliphatic carbocycles. The molecule has 8 heteroatoms. The second kappa shape index (κ2) is 10.1. The van der Waals surface area contributed by atoms with Gasteiger partial charge in [-0.05, 0) is 37.1 Å². The number of phenolic OH excluding ortho intramolecular Hbond substituents is 1. The van der Waals surface area contributed by atoms with Gasteiger partial charge in [0.1, 0.15) is 11.4 Å². The highest BCUT2D eigenvalue weighted by atomic mass is 79.9. The lowest BCUT2D eigenvalue weighted by Crippen LogP contribution is -2.38. The van der Waals surface area contributed by atoms with Crippen molar-refractivity contribution in [2.24, 2.45) is 4.99 Å². The number of hydrogen-bond acceptors (Lipinski definition) is 5. The summed E-state index contributed by atoms with van der Waals surface area (Å²) in [5.41, 5.74) is 0.710. The van der Waals surface area contributed by atoms with Crippen LogP contribution in [0.4, 0.5) is 0 Å². The van der Waals surface area contributed by atoms with E-state index in [0.29, 0.717) is 17.3 Å². The monoisotopic (exact) mass is 477 g/mol. The van der Waals surface area contributed by atoms with E-state index in [1.807, 2.05) is 0 Å². The number of rotatable bonds is 6. The molecule has 0 unspecified atom stereocenters. The first-order valence-electron chi connectivity index (χ1n) is 9.61. The van der Waals surface area contributed by atoms with Gasteiger partial charge in [-0.25, -0.2) is 4.99 Å². The molecule has 29 heavy (non-hydrogen) atoms. The van der Waals surface area contributed by atoms with Crippen LogP contribution in [0, 0.1) is 0 Å². The standard InChI is InChI=1S/C21H24BrN3O3S/c1-2-10-25-20(28)17(12-14-11-15(22)8-9-18(14)26)24-21(25)29-13-19(27)23-16-6-4-3-5-7-16/h2,8-9,11-12,16,26H,1,3-7,10,13H2,(H,23,27)/b17-12-. The van der Waals surface area contributed by atoms with Gasteiger partial charge in [0.15, 0.2) is 5.17 Å². The van der Waals surface area contributed by atoms with Crippen LogP contribution in [-0.2, 0) is 9.59 Å². The molecule has 1 aromatic rings. The number of amides is 2. The molecule has 0 saturated heterocycles. The summed E-state index contributed by atoms with van der Waals surface area (Å²) in [7, 11) is 0. The summed E-state index contributed by atoms with van der Waals surface area (Å²) in [6.45, 7) is 4.00. The molecule has 2 amide bonds. The number of aliphatic imine (C=N–C) groups is 1. The molecule has 0 radical (unpaired) electrons. The summed E-state index contributed by atoms with van der Waals surface area (Å²) in [6, 6.07) is 5.23. The smallest absolute Gasteiger partial charge is 0.278 e. The van der Waals surface area contributed by atoms with Crippen molar-refractivity contribution < 1.29 is 14.7 Å². The Kier molecular flexibility index (Phi) is 7.55. The molecule has 1 aromatic carbocycles. The minimum Gasteiger partial charge on any atom is -0.507 e. The number of nitrogens with zero attached hydrogens (tertiary/aromatic N) is 2. The van der Waals surface area contributed by atoms with Gasteiger partial charge in [0.05, 0.1) is 5.75 Å². The summed E-state index contributed by atoms with van der Waals surface area (Å²) in [6.07, 6.45) is 8.78. The second-order valence-corrected chi connectivity index (χ2v) is 8.88. The van der Waals surface area contributed by atoms with E-state index in [-0.39, 0.29) is 35.1 Å². The molecule has 0 spiro atoms. The molecule has 6 nitrogen and oxygen atoms in total. The summed E-state index contributed by atoms with van der Waals surface area (Å²) in [5, 5.41) is 13.6. The molecular weight excluding hydrogens is 454 g/mol. The van der Waals surface area contributed by atoms with E-state index in [1.54, 1.807) is 30.4 Å². The molecule has 2 aliphatic rings. The summed E-state index contributed by atoms with van der Waals surface area (Å²) >= 11 is 4.59. The molecule has 0 atom stereocenters. The highest BCUT2D eigenvalue weighted by Gasteiger charge is 2.30. The average Bonchev–Trinajstić information content (AvgIpc) is 2.99. The Labute approximate surface area is 183 Å². The van der Waals surface area contributed by atoms with Crippen LogP contribution in [0.1, 0.15) is 37.7 Å². The first kappa shape index (κ1) is 21.6. The summed E-state index contributed by atoms with van der Waals surface area (Å²) in [4.78, 5) is 31.0. The van der Waals surface area contributed by atoms with Crippen LogP contribution >= 0.6 is 27.7 Å². The van der Waals surface area contributed by atoms with E-state index in [9.17, 15) is 14.7 Å². The van der Waals surface area contributed by atoms with Gasteiger partial charge >= 0.3 is 0 Å². The molecule has 0 aromatic heterocycles. The molecule has 2 N–H and O–H groups in total. The third-order valence-corrected chi connectivity index (χ3v) is 6.28. The lowest BCUT2D eigenvalue weighted by atomic mass is 9.95. The Morgan fingerprint density at radius 2 is 2.14 bits per heavy atom. The third kappa shape index (κ3) is 5.73. The normalized spacial score (nSPS) is 18.8. The maximum Gasteiger partial charge on any atom is 0.278 e. The molecule has 1 heterocycles. The topological polar surface area (TPSA) is 82.0 Å². The molecule has 1 fully saturated rings. The number of phenols is 1. The number of aromatic hydroxyl groups is 1. The lowest BCUT2D eigenvalue weighted by molar-refractivity contribution is -0.122. The van der Waals surface area contributed by atoms with Crippen molar-refractivity contribution in [3.05, 3.63) is 46.6 Å². The highest BCUT2D eigenvalue weighted by Crippen LogP contribution is 2.28. The number of thioether (sulfide) groups is 1. The van der Waals surface area contributed by atoms with Crippen LogP contribution in [0.5, 0.6) is 5.75 Å². The zero-order valence-corrected chi connectivity index (χ0v) is 18.5. The largest absolute Gasteiger partial charge is 0.507 e. The van der Waals surface area contributed by atoms with E-state index in [4.69, 9.17) is 0 Å². The van der Waals surface area contributed by atoms with Gasteiger partial charge in [-0.15, -0.1) is 6.58 Å². The number of halogens is 1. The van der Waals surface area contributed by atoms with Crippen LogP contribution in [0.25, 0.3) is 6.08 Å². The zero-order chi connectivity index (χ0) is 20.8. The van der Waals surface area contributed by atoms with Gasteiger partial charge in [-0.3, -0.25) is 14.5 Å². The molecule has 3 rings (SSSR count). The van der Waals surface area contributed by atoms with Crippen molar-refractivity contribution in [2.45, 2.75) is 38.1 Å². The van der Waals surface area contributed by atoms with E-state index >= 15 is 0 Å². The fourth-order valence-electron chi connectivity index (χ4n) is 3.37. The van der Waals surface area contributed by atoms with Crippen molar-refractivity contribution in [3.8, 4) is 5.75 Å².